The molecule has 0 aliphatic heterocycles. The lowest BCUT2D eigenvalue weighted by Crippen LogP contribution is -2.15. The van der Waals surface area contributed by atoms with E-state index in [2.05, 4.69) is 31.2 Å². The smallest absolute Gasteiger partial charge is 0.274 e. The Balaban J connectivity index is 2.24. The number of rotatable bonds is 2. The maximum Gasteiger partial charge on any atom is 0.274 e. The van der Waals surface area contributed by atoms with Crippen LogP contribution in [0.2, 0.25) is 0 Å². The predicted octanol–water partition coefficient (Wildman–Crippen LogP) is 2.80. The molecule has 1 amide bonds. The van der Waals surface area contributed by atoms with Gasteiger partial charge in [-0.15, -0.1) is 0 Å². The second-order valence-electron chi connectivity index (χ2n) is 3.48. The molecule has 2 aromatic rings. The van der Waals surface area contributed by atoms with E-state index in [-0.39, 0.29) is 5.91 Å². The Morgan fingerprint density at radius 1 is 1.35 bits per heavy atom. The van der Waals surface area contributed by atoms with Crippen LogP contribution in [0.3, 0.4) is 0 Å². The number of hydrogen-bond donors (Lipinski definition) is 1. The van der Waals surface area contributed by atoms with Crippen LogP contribution >= 0.6 is 15.9 Å². The molecule has 0 spiro atoms. The van der Waals surface area contributed by atoms with Gasteiger partial charge in [-0.3, -0.25) is 14.8 Å². The fourth-order valence-corrected chi connectivity index (χ4v) is 1.73. The van der Waals surface area contributed by atoms with Crippen molar-refractivity contribution in [1.82, 2.24) is 9.97 Å². The van der Waals surface area contributed by atoms with E-state index in [0.29, 0.717) is 11.4 Å². The molecule has 0 aromatic carbocycles. The lowest BCUT2D eigenvalue weighted by atomic mass is 10.2. The molecular weight excluding hydrogens is 282 g/mol. The highest BCUT2D eigenvalue weighted by atomic mass is 79.9. The van der Waals surface area contributed by atoms with Gasteiger partial charge in [0, 0.05) is 18.6 Å². The summed E-state index contributed by atoms with van der Waals surface area (Å²) in [6, 6.07) is 5.37. The van der Waals surface area contributed by atoms with Crippen molar-refractivity contribution in [2.75, 3.05) is 5.32 Å². The van der Waals surface area contributed by atoms with E-state index in [1.807, 2.05) is 13.0 Å². The van der Waals surface area contributed by atoms with Gasteiger partial charge in [-0.1, -0.05) is 6.07 Å². The van der Waals surface area contributed by atoms with Crippen molar-refractivity contribution >= 4 is 27.5 Å². The molecule has 4 nitrogen and oxygen atoms in total. The average Bonchev–Trinajstić information content (AvgIpc) is 2.32. The molecule has 0 aliphatic carbocycles. The number of hydrogen-bond acceptors (Lipinski definition) is 3. The first-order chi connectivity index (χ1) is 8.18. The van der Waals surface area contributed by atoms with Crippen molar-refractivity contribution in [3.63, 3.8) is 0 Å². The summed E-state index contributed by atoms with van der Waals surface area (Å²) in [5, 5.41) is 2.78. The summed E-state index contributed by atoms with van der Waals surface area (Å²) in [5.74, 6) is -0.227. The van der Waals surface area contributed by atoms with Crippen molar-refractivity contribution in [3.05, 3.63) is 52.5 Å². The number of anilines is 1. The number of carbonyl (C=O) groups excluding carboxylic acids is 1. The predicted molar refractivity (Wildman–Crippen MR) is 68.9 cm³/mol. The monoisotopic (exact) mass is 291 g/mol. The zero-order valence-corrected chi connectivity index (χ0v) is 10.7. The van der Waals surface area contributed by atoms with Gasteiger partial charge in [0.15, 0.2) is 0 Å². The van der Waals surface area contributed by atoms with Gasteiger partial charge in [-0.05, 0) is 40.5 Å². The summed E-state index contributed by atoms with van der Waals surface area (Å²) >= 11 is 3.32. The van der Waals surface area contributed by atoms with E-state index in [0.717, 1.165) is 10.0 Å². The molecule has 0 radical (unpaired) electrons. The van der Waals surface area contributed by atoms with Gasteiger partial charge in [0.1, 0.15) is 5.69 Å². The topological polar surface area (TPSA) is 54.9 Å². The number of pyridine rings is 2. The number of halogens is 1. The number of carbonyl (C=O) groups is 1. The molecule has 2 heterocycles. The molecule has 1 N–H and O–H groups in total. The lowest BCUT2D eigenvalue weighted by Gasteiger charge is -2.07. The summed E-state index contributed by atoms with van der Waals surface area (Å²) in [5.41, 5.74) is 1.95. The van der Waals surface area contributed by atoms with Crippen LogP contribution in [0, 0.1) is 6.92 Å². The number of nitrogens with one attached hydrogen (secondary N) is 1. The number of amides is 1. The quantitative estimate of drug-likeness (QED) is 0.926. The van der Waals surface area contributed by atoms with Crippen LogP contribution < -0.4 is 5.32 Å². The second kappa shape index (κ2) is 5.05. The normalized spacial score (nSPS) is 10.0. The largest absolute Gasteiger partial charge is 0.319 e. The van der Waals surface area contributed by atoms with Gasteiger partial charge < -0.3 is 5.32 Å². The lowest BCUT2D eigenvalue weighted by molar-refractivity contribution is 0.102. The highest BCUT2D eigenvalue weighted by Gasteiger charge is 2.11. The molecule has 86 valence electrons. The van der Waals surface area contributed by atoms with Crippen LogP contribution in [-0.2, 0) is 0 Å². The van der Waals surface area contributed by atoms with Gasteiger partial charge in [0.2, 0.25) is 0 Å². The molecule has 5 heteroatoms. The van der Waals surface area contributed by atoms with Crippen LogP contribution in [0.5, 0.6) is 0 Å². The molecular formula is C12H10BrN3O. The van der Waals surface area contributed by atoms with Crippen LogP contribution in [0.1, 0.15) is 16.1 Å². The van der Waals surface area contributed by atoms with Crippen LogP contribution in [-0.4, -0.2) is 15.9 Å². The Bertz CT molecular complexity index is 557. The zero-order valence-electron chi connectivity index (χ0n) is 9.14. The first-order valence-electron chi connectivity index (χ1n) is 5.01. The third-order valence-corrected chi connectivity index (χ3v) is 2.88. The minimum Gasteiger partial charge on any atom is -0.319 e. The third kappa shape index (κ3) is 2.68. The Hall–Kier alpha value is -1.75. The first kappa shape index (κ1) is 11.7. The molecule has 0 atom stereocenters. The van der Waals surface area contributed by atoms with Crippen LogP contribution in [0.4, 0.5) is 5.69 Å². The van der Waals surface area contributed by atoms with Gasteiger partial charge in [-0.25, -0.2) is 0 Å². The molecule has 0 aliphatic rings. The summed E-state index contributed by atoms with van der Waals surface area (Å²) in [6.07, 6.45) is 4.84. The Morgan fingerprint density at radius 2 is 2.18 bits per heavy atom. The minimum absolute atomic E-state index is 0.227. The molecule has 17 heavy (non-hydrogen) atoms. The summed E-state index contributed by atoms with van der Waals surface area (Å²) < 4.78 is 0.738. The van der Waals surface area contributed by atoms with Crippen molar-refractivity contribution in [2.24, 2.45) is 0 Å². The van der Waals surface area contributed by atoms with E-state index >= 15 is 0 Å². The fourth-order valence-electron chi connectivity index (χ4n) is 1.38. The number of aromatic nitrogens is 2. The van der Waals surface area contributed by atoms with Gasteiger partial charge in [0.05, 0.1) is 10.2 Å². The minimum atomic E-state index is -0.227. The van der Waals surface area contributed by atoms with E-state index in [1.165, 1.54) is 0 Å². The molecule has 0 saturated carbocycles. The van der Waals surface area contributed by atoms with E-state index in [9.17, 15) is 4.79 Å². The Morgan fingerprint density at radius 3 is 2.88 bits per heavy atom. The summed E-state index contributed by atoms with van der Waals surface area (Å²) in [4.78, 5) is 20.0. The summed E-state index contributed by atoms with van der Waals surface area (Å²) in [6.45, 7) is 1.85. The van der Waals surface area contributed by atoms with Gasteiger partial charge in [-0.2, -0.15) is 0 Å². The molecule has 0 unspecified atom stereocenters. The van der Waals surface area contributed by atoms with Crippen LogP contribution in [0.25, 0.3) is 0 Å². The van der Waals surface area contributed by atoms with E-state index in [1.54, 1.807) is 30.7 Å². The second-order valence-corrected chi connectivity index (χ2v) is 4.33. The van der Waals surface area contributed by atoms with Crippen molar-refractivity contribution in [2.45, 2.75) is 6.92 Å². The summed E-state index contributed by atoms with van der Waals surface area (Å²) in [7, 11) is 0. The van der Waals surface area contributed by atoms with Gasteiger partial charge >= 0.3 is 0 Å². The molecule has 0 fully saturated rings. The van der Waals surface area contributed by atoms with Crippen molar-refractivity contribution in [3.8, 4) is 0 Å². The molecule has 0 saturated heterocycles. The zero-order chi connectivity index (χ0) is 12.3. The maximum absolute atomic E-state index is 12.0. The van der Waals surface area contributed by atoms with Crippen molar-refractivity contribution in [1.29, 1.82) is 0 Å². The van der Waals surface area contributed by atoms with Crippen LogP contribution in [0.15, 0.2) is 41.3 Å². The molecule has 0 bridgehead atoms. The van der Waals surface area contributed by atoms with E-state index < -0.39 is 0 Å². The van der Waals surface area contributed by atoms with E-state index in [4.69, 9.17) is 0 Å². The standard InChI is InChI=1S/C12H10BrN3O/c1-8-3-2-5-15-11(8)12(17)16-10-4-6-14-7-9(10)13/h2-7H,1H3,(H,14,16,17). The third-order valence-electron chi connectivity index (χ3n) is 2.25. The Labute approximate surface area is 107 Å². The number of nitrogens with zero attached hydrogens (tertiary/aromatic N) is 2. The maximum atomic E-state index is 12.0. The fraction of sp³-hybridized carbons (Fsp3) is 0.0833. The SMILES string of the molecule is Cc1cccnc1C(=O)Nc1ccncc1Br. The van der Waals surface area contributed by atoms with Crippen molar-refractivity contribution < 1.29 is 4.79 Å². The average molecular weight is 292 g/mol. The molecule has 2 rings (SSSR count). The number of aryl methyl sites for hydroxylation is 1. The Kier molecular flexibility index (Phi) is 3.49. The van der Waals surface area contributed by atoms with Gasteiger partial charge in [0.25, 0.3) is 5.91 Å². The first-order valence-corrected chi connectivity index (χ1v) is 5.80. The highest BCUT2D eigenvalue weighted by Crippen LogP contribution is 2.20. The molecule has 2 aromatic heterocycles. The highest BCUT2D eigenvalue weighted by molar-refractivity contribution is 9.10.